The number of benzene rings is 2. The molecule has 15 nitrogen and oxygen atoms in total. The molecular weight excluding hydrogens is 741 g/mol. The molecule has 6 aromatic rings. The first-order valence-electron chi connectivity index (χ1n) is 19.0. The van der Waals surface area contributed by atoms with Gasteiger partial charge in [0, 0.05) is 69.7 Å². The summed E-state index contributed by atoms with van der Waals surface area (Å²) in [6, 6.07) is 13.2. The topological polar surface area (TPSA) is 176 Å². The number of pyridine rings is 1. The third-order valence-corrected chi connectivity index (χ3v) is 11.0. The predicted octanol–water partition coefficient (Wildman–Crippen LogP) is 4.76. The van der Waals surface area contributed by atoms with Crippen molar-refractivity contribution in [3.05, 3.63) is 93.5 Å². The Bertz CT molecular complexity index is 2750. The Morgan fingerprint density at radius 1 is 1.03 bits per heavy atom. The molecule has 4 aromatic heterocycles. The summed E-state index contributed by atoms with van der Waals surface area (Å²) in [5.74, 6) is 5.78. The average molecular weight is 783 g/mol. The highest BCUT2D eigenvalue weighted by Gasteiger charge is 2.30. The fourth-order valence-electron chi connectivity index (χ4n) is 7.92. The highest BCUT2D eigenvalue weighted by molar-refractivity contribution is 6.03. The van der Waals surface area contributed by atoms with Crippen LogP contribution in [0.15, 0.2) is 64.1 Å². The minimum absolute atomic E-state index is 0.0398. The number of nitrogens with one attached hydrogen (secondary N) is 2. The van der Waals surface area contributed by atoms with E-state index in [1.807, 2.05) is 37.2 Å². The number of furan rings is 1. The molecule has 6 heterocycles. The normalized spacial score (nSPS) is 15.9. The Morgan fingerprint density at radius 3 is 2.60 bits per heavy atom. The summed E-state index contributed by atoms with van der Waals surface area (Å²) < 4.78 is 20.7. The van der Waals surface area contributed by atoms with Crippen LogP contribution in [0.25, 0.3) is 33.4 Å². The molecular formula is C43H42N8O7. The van der Waals surface area contributed by atoms with Gasteiger partial charge in [-0.25, -0.2) is 9.78 Å². The lowest BCUT2D eigenvalue weighted by atomic mass is 9.88. The minimum atomic E-state index is -0.451. The first-order valence-corrected chi connectivity index (χ1v) is 19.0. The molecule has 296 valence electrons. The van der Waals surface area contributed by atoms with Gasteiger partial charge in [0.1, 0.15) is 17.0 Å². The Labute approximate surface area is 333 Å². The first-order chi connectivity index (χ1) is 28.0. The highest BCUT2D eigenvalue weighted by atomic mass is 16.5. The van der Waals surface area contributed by atoms with Gasteiger partial charge in [0.2, 0.25) is 17.7 Å². The number of piperidine rings is 1. The van der Waals surface area contributed by atoms with Crippen molar-refractivity contribution in [1.82, 2.24) is 34.7 Å². The van der Waals surface area contributed by atoms with Gasteiger partial charge in [0.25, 0.3) is 5.91 Å². The average Bonchev–Trinajstić information content (AvgIpc) is 3.76. The number of fused-ring (bicyclic) bond motifs is 2. The van der Waals surface area contributed by atoms with Crippen LogP contribution in [0.3, 0.4) is 0 Å². The zero-order valence-corrected chi connectivity index (χ0v) is 32.8. The van der Waals surface area contributed by atoms with Crippen molar-refractivity contribution in [2.75, 3.05) is 38.8 Å². The van der Waals surface area contributed by atoms with Gasteiger partial charge in [-0.2, -0.15) is 4.98 Å². The molecule has 2 aliphatic heterocycles. The second-order valence-corrected chi connectivity index (χ2v) is 14.6. The Hall–Kier alpha value is -6.79. The van der Waals surface area contributed by atoms with E-state index >= 15 is 0 Å². The fourth-order valence-corrected chi connectivity index (χ4v) is 7.92. The molecule has 0 saturated carbocycles. The minimum Gasteiger partial charge on any atom is -0.479 e. The molecule has 0 spiro atoms. The number of imide groups is 1. The molecule has 3 amide bonds. The van der Waals surface area contributed by atoms with Crippen LogP contribution < -0.4 is 26.0 Å². The summed E-state index contributed by atoms with van der Waals surface area (Å²) in [5.41, 5.74) is 7.08. The molecule has 2 saturated heterocycles. The number of methoxy groups -OCH3 is 1. The molecule has 2 fully saturated rings. The molecule has 2 N–H and O–H groups in total. The van der Waals surface area contributed by atoms with E-state index in [0.717, 1.165) is 46.1 Å². The van der Waals surface area contributed by atoms with E-state index in [0.29, 0.717) is 59.5 Å². The Balaban J connectivity index is 0.971. The Morgan fingerprint density at radius 2 is 1.84 bits per heavy atom. The van der Waals surface area contributed by atoms with Gasteiger partial charge in [-0.3, -0.25) is 33.8 Å². The van der Waals surface area contributed by atoms with Gasteiger partial charge in [-0.05, 0) is 79.0 Å². The molecule has 2 aliphatic rings. The lowest BCUT2D eigenvalue weighted by Crippen LogP contribution is -2.39. The molecule has 58 heavy (non-hydrogen) atoms. The van der Waals surface area contributed by atoms with Crippen LogP contribution in [0.5, 0.6) is 5.88 Å². The van der Waals surface area contributed by atoms with E-state index in [-0.39, 0.29) is 42.1 Å². The molecule has 8 rings (SSSR count). The van der Waals surface area contributed by atoms with Gasteiger partial charge < -0.3 is 24.1 Å². The number of carbonyl (C=O) groups is 3. The number of carbonyl (C=O) groups excluding carboxylic acids is 3. The van der Waals surface area contributed by atoms with E-state index < -0.39 is 11.8 Å². The van der Waals surface area contributed by atoms with Crippen LogP contribution in [0.1, 0.15) is 70.5 Å². The van der Waals surface area contributed by atoms with Crippen molar-refractivity contribution in [2.24, 2.45) is 14.1 Å². The lowest BCUT2D eigenvalue weighted by Gasteiger charge is -2.26. The molecule has 1 unspecified atom stereocenters. The van der Waals surface area contributed by atoms with Crippen molar-refractivity contribution in [1.29, 1.82) is 0 Å². The van der Waals surface area contributed by atoms with E-state index in [1.54, 1.807) is 60.8 Å². The number of ether oxygens (including phenoxy) is 2. The SMILES string of the molecule is COc1nc(-c2cnc(C(=O)NCC#Cc3cc4c(C5CCC(=O)NC5=O)cccc4o3)c(C)c2)ncc1N(C)c1cc(C2CCOCC2)c2c(c1)n(C)c(=O)n2C. The Kier molecular flexibility index (Phi) is 10.3. The van der Waals surface area contributed by atoms with Crippen LogP contribution in [0.2, 0.25) is 0 Å². The fraction of sp³-hybridized carbons (Fsp3) is 0.326. The number of aromatic nitrogens is 5. The van der Waals surface area contributed by atoms with Crippen molar-refractivity contribution in [3.63, 3.8) is 0 Å². The summed E-state index contributed by atoms with van der Waals surface area (Å²) in [7, 11) is 7.06. The highest BCUT2D eigenvalue weighted by Crippen LogP contribution is 2.39. The van der Waals surface area contributed by atoms with Crippen LogP contribution in [0, 0.1) is 18.8 Å². The number of hydrogen-bond donors (Lipinski definition) is 2. The van der Waals surface area contributed by atoms with Crippen LogP contribution in [-0.4, -0.2) is 75.7 Å². The smallest absolute Gasteiger partial charge is 0.328 e. The van der Waals surface area contributed by atoms with Crippen LogP contribution in [-0.2, 0) is 28.4 Å². The van der Waals surface area contributed by atoms with E-state index in [4.69, 9.17) is 18.9 Å². The van der Waals surface area contributed by atoms with Crippen molar-refractivity contribution in [3.8, 4) is 29.1 Å². The predicted molar refractivity (Wildman–Crippen MR) is 216 cm³/mol. The molecule has 15 heteroatoms. The summed E-state index contributed by atoms with van der Waals surface area (Å²) >= 11 is 0. The van der Waals surface area contributed by atoms with Crippen LogP contribution in [0.4, 0.5) is 11.4 Å². The maximum atomic E-state index is 13.1. The number of rotatable bonds is 8. The maximum absolute atomic E-state index is 13.1. The summed E-state index contributed by atoms with van der Waals surface area (Å²) in [4.78, 5) is 66.1. The quantitative estimate of drug-likeness (QED) is 0.161. The molecule has 0 aliphatic carbocycles. The maximum Gasteiger partial charge on any atom is 0.328 e. The summed E-state index contributed by atoms with van der Waals surface area (Å²) in [6.45, 7) is 3.17. The van der Waals surface area contributed by atoms with E-state index in [2.05, 4.69) is 38.5 Å². The number of amides is 3. The monoisotopic (exact) mass is 782 g/mol. The van der Waals surface area contributed by atoms with Crippen molar-refractivity contribution in [2.45, 2.75) is 44.4 Å². The second-order valence-electron chi connectivity index (χ2n) is 14.6. The van der Waals surface area contributed by atoms with Crippen LogP contribution >= 0.6 is 0 Å². The number of aryl methyl sites for hydroxylation is 3. The van der Waals surface area contributed by atoms with Crippen molar-refractivity contribution >= 4 is 51.1 Å². The van der Waals surface area contributed by atoms with E-state index in [1.165, 1.54) is 0 Å². The second kappa shape index (κ2) is 15.6. The molecule has 1 atom stereocenters. The standard InChI is InChI=1S/C43H42N8O7/c1-24-18-26(22-45-37(24)41(54)44-15-7-8-28-21-32-29(9-6-10-35(32)58-28)30-11-12-36(52)47-40(30)53)39-46-23-34(42(48-39)56-5)49(2)27-19-31(25-13-16-57-17-14-25)38-33(20-27)50(3)43(55)51(38)4/h6,9-10,18-23,25,30H,11-17H2,1-5H3,(H,44,54)(H,47,52,53). The largest absolute Gasteiger partial charge is 0.479 e. The number of imidazole rings is 1. The third-order valence-electron chi connectivity index (χ3n) is 11.0. The zero-order chi connectivity index (χ0) is 40.7. The van der Waals surface area contributed by atoms with Gasteiger partial charge in [0.15, 0.2) is 11.6 Å². The first kappa shape index (κ1) is 38.1. The third kappa shape index (κ3) is 7.07. The number of anilines is 2. The molecule has 0 radical (unpaired) electrons. The zero-order valence-electron chi connectivity index (χ0n) is 32.8. The van der Waals surface area contributed by atoms with Crippen molar-refractivity contribution < 1.29 is 28.3 Å². The summed E-state index contributed by atoms with van der Waals surface area (Å²) in [5, 5.41) is 5.95. The van der Waals surface area contributed by atoms with Gasteiger partial charge in [-0.15, -0.1) is 0 Å². The van der Waals surface area contributed by atoms with E-state index in [9.17, 15) is 19.2 Å². The molecule has 2 aromatic carbocycles. The van der Waals surface area contributed by atoms with Gasteiger partial charge >= 0.3 is 5.69 Å². The van der Waals surface area contributed by atoms with Gasteiger partial charge in [0.05, 0.1) is 36.8 Å². The van der Waals surface area contributed by atoms with Gasteiger partial charge in [-0.1, -0.05) is 18.1 Å². The number of hydrogen-bond acceptors (Lipinski definition) is 11. The summed E-state index contributed by atoms with van der Waals surface area (Å²) in [6.07, 6.45) is 5.68. The lowest BCUT2D eigenvalue weighted by molar-refractivity contribution is -0.134. The number of nitrogens with zero attached hydrogens (tertiary/aromatic N) is 6. The molecule has 0 bridgehead atoms.